The zero-order chi connectivity index (χ0) is 12.8. The van der Waals surface area contributed by atoms with Gasteiger partial charge in [0, 0.05) is 5.56 Å². The smallest absolute Gasteiger partial charge is 0.326 e. The third-order valence-electron chi connectivity index (χ3n) is 2.36. The molecule has 1 unspecified atom stereocenters. The van der Waals surface area contributed by atoms with E-state index in [-0.39, 0.29) is 0 Å². The number of carboxylic acids is 1. The molecule has 0 saturated heterocycles. The Balaban J connectivity index is 2.72. The number of carbonyl (C=O) groups excluding carboxylic acids is 1. The summed E-state index contributed by atoms with van der Waals surface area (Å²) in [5.41, 5.74) is 0.408. The van der Waals surface area contributed by atoms with Gasteiger partial charge < -0.3 is 15.2 Å². The molecule has 17 heavy (non-hydrogen) atoms. The van der Waals surface area contributed by atoms with Crippen LogP contribution in [0.3, 0.4) is 0 Å². The van der Waals surface area contributed by atoms with Crippen LogP contribution in [0.25, 0.3) is 0 Å². The van der Waals surface area contributed by atoms with E-state index in [4.69, 9.17) is 9.84 Å². The molecule has 0 aliphatic heterocycles. The molecule has 2 N–H and O–H groups in total. The molecule has 0 spiro atoms. The summed E-state index contributed by atoms with van der Waals surface area (Å²) in [4.78, 5) is 22.5. The van der Waals surface area contributed by atoms with Gasteiger partial charge in [0.2, 0.25) is 0 Å². The Hall–Kier alpha value is -2.04. The molecule has 5 nitrogen and oxygen atoms in total. The summed E-state index contributed by atoms with van der Waals surface area (Å²) in [7, 11) is 1.53. The van der Waals surface area contributed by atoms with Gasteiger partial charge in [0.25, 0.3) is 5.91 Å². The molecule has 1 aromatic rings. The van der Waals surface area contributed by atoms with E-state index in [1.54, 1.807) is 31.2 Å². The zero-order valence-electron chi connectivity index (χ0n) is 9.77. The molecule has 1 aromatic carbocycles. The Kier molecular flexibility index (Phi) is 4.51. The van der Waals surface area contributed by atoms with E-state index in [2.05, 4.69) is 5.32 Å². The summed E-state index contributed by atoms with van der Waals surface area (Å²) in [6.07, 6.45) is 0.344. The van der Waals surface area contributed by atoms with Gasteiger partial charge in [0.05, 0.1) is 7.11 Å². The third kappa shape index (κ3) is 3.48. The molecule has 0 saturated carbocycles. The minimum Gasteiger partial charge on any atom is -0.497 e. The fraction of sp³-hybridized carbons (Fsp3) is 0.333. The summed E-state index contributed by atoms with van der Waals surface area (Å²) in [6.45, 7) is 1.70. The number of aliphatic carboxylic acids is 1. The van der Waals surface area contributed by atoms with Crippen molar-refractivity contribution in [1.82, 2.24) is 5.32 Å². The fourth-order valence-corrected chi connectivity index (χ4v) is 1.32. The van der Waals surface area contributed by atoms with Gasteiger partial charge in [-0.15, -0.1) is 0 Å². The number of hydrogen-bond donors (Lipinski definition) is 2. The van der Waals surface area contributed by atoms with E-state index in [1.165, 1.54) is 7.11 Å². The lowest BCUT2D eigenvalue weighted by Crippen LogP contribution is -2.40. The molecule has 92 valence electrons. The second-order valence-electron chi connectivity index (χ2n) is 3.50. The zero-order valence-corrected chi connectivity index (χ0v) is 9.77. The largest absolute Gasteiger partial charge is 0.497 e. The molecule has 0 fully saturated rings. The van der Waals surface area contributed by atoms with Crippen molar-refractivity contribution in [2.45, 2.75) is 19.4 Å². The molecular formula is C12H15NO4. The van der Waals surface area contributed by atoms with E-state index >= 15 is 0 Å². The van der Waals surface area contributed by atoms with Crippen molar-refractivity contribution in [2.24, 2.45) is 0 Å². The van der Waals surface area contributed by atoms with Gasteiger partial charge in [0.15, 0.2) is 0 Å². The average Bonchev–Trinajstić information content (AvgIpc) is 2.35. The Morgan fingerprint density at radius 1 is 1.35 bits per heavy atom. The molecule has 0 radical (unpaired) electrons. The van der Waals surface area contributed by atoms with Crippen molar-refractivity contribution >= 4 is 11.9 Å². The van der Waals surface area contributed by atoms with Crippen molar-refractivity contribution in [3.05, 3.63) is 29.8 Å². The van der Waals surface area contributed by atoms with Crippen LogP contribution in [0.2, 0.25) is 0 Å². The average molecular weight is 237 g/mol. The summed E-state index contributed by atoms with van der Waals surface area (Å²) in [5, 5.41) is 11.3. The normalized spacial score (nSPS) is 11.6. The fourth-order valence-electron chi connectivity index (χ4n) is 1.32. The molecule has 1 atom stereocenters. The monoisotopic (exact) mass is 237 g/mol. The molecule has 5 heteroatoms. The first-order valence-corrected chi connectivity index (χ1v) is 5.26. The number of carboxylic acid groups (broad SMARTS) is 1. The standard InChI is InChI=1S/C12H15NO4/c1-3-10(12(15)16)13-11(14)8-4-6-9(17-2)7-5-8/h4-7,10H,3H2,1-2H3,(H,13,14)(H,15,16). The summed E-state index contributed by atoms with van der Waals surface area (Å²) in [6, 6.07) is 5.61. The molecule has 0 bridgehead atoms. The van der Waals surface area contributed by atoms with Crippen LogP contribution in [0.1, 0.15) is 23.7 Å². The molecule has 1 amide bonds. The number of nitrogens with one attached hydrogen (secondary N) is 1. The van der Waals surface area contributed by atoms with Gasteiger partial charge in [-0.3, -0.25) is 4.79 Å². The van der Waals surface area contributed by atoms with E-state index in [9.17, 15) is 9.59 Å². The molecular weight excluding hydrogens is 222 g/mol. The Labute approximate surface area is 99.4 Å². The van der Waals surface area contributed by atoms with Crippen LogP contribution in [-0.4, -0.2) is 30.1 Å². The maximum Gasteiger partial charge on any atom is 0.326 e. The van der Waals surface area contributed by atoms with Crippen LogP contribution in [-0.2, 0) is 4.79 Å². The van der Waals surface area contributed by atoms with Crippen molar-refractivity contribution < 1.29 is 19.4 Å². The third-order valence-corrected chi connectivity index (χ3v) is 2.36. The summed E-state index contributed by atoms with van der Waals surface area (Å²) in [5.74, 6) is -0.789. The highest BCUT2D eigenvalue weighted by Crippen LogP contribution is 2.11. The van der Waals surface area contributed by atoms with Gasteiger partial charge in [-0.1, -0.05) is 6.92 Å². The number of carbonyl (C=O) groups is 2. The topological polar surface area (TPSA) is 75.6 Å². The minimum atomic E-state index is -1.03. The summed E-state index contributed by atoms with van der Waals surface area (Å²) < 4.78 is 4.96. The first kappa shape index (κ1) is 13.0. The summed E-state index contributed by atoms with van der Waals surface area (Å²) >= 11 is 0. The van der Waals surface area contributed by atoms with Crippen molar-refractivity contribution in [3.63, 3.8) is 0 Å². The van der Waals surface area contributed by atoms with Crippen LogP contribution < -0.4 is 10.1 Å². The van der Waals surface area contributed by atoms with E-state index in [0.29, 0.717) is 17.7 Å². The first-order chi connectivity index (χ1) is 8.08. The van der Waals surface area contributed by atoms with Gasteiger partial charge in [0.1, 0.15) is 11.8 Å². The van der Waals surface area contributed by atoms with Crippen LogP contribution in [0.4, 0.5) is 0 Å². The van der Waals surface area contributed by atoms with Crippen LogP contribution in [0, 0.1) is 0 Å². The molecule has 0 aliphatic carbocycles. The van der Waals surface area contributed by atoms with E-state index < -0.39 is 17.9 Å². The van der Waals surface area contributed by atoms with Gasteiger partial charge in [-0.25, -0.2) is 4.79 Å². The van der Waals surface area contributed by atoms with Crippen molar-refractivity contribution in [3.8, 4) is 5.75 Å². The van der Waals surface area contributed by atoms with E-state index in [0.717, 1.165) is 0 Å². The Morgan fingerprint density at radius 2 is 1.94 bits per heavy atom. The highest BCUT2D eigenvalue weighted by atomic mass is 16.5. The molecule has 0 heterocycles. The Morgan fingerprint density at radius 3 is 2.35 bits per heavy atom. The van der Waals surface area contributed by atoms with Crippen LogP contribution in [0.5, 0.6) is 5.75 Å². The number of benzene rings is 1. The quantitative estimate of drug-likeness (QED) is 0.809. The van der Waals surface area contributed by atoms with Crippen LogP contribution in [0.15, 0.2) is 24.3 Å². The lowest BCUT2D eigenvalue weighted by atomic mass is 10.1. The number of rotatable bonds is 5. The van der Waals surface area contributed by atoms with E-state index in [1.807, 2.05) is 0 Å². The van der Waals surface area contributed by atoms with Crippen LogP contribution >= 0.6 is 0 Å². The van der Waals surface area contributed by atoms with Crippen molar-refractivity contribution in [2.75, 3.05) is 7.11 Å². The number of ether oxygens (including phenoxy) is 1. The molecule has 0 aliphatic rings. The first-order valence-electron chi connectivity index (χ1n) is 5.26. The predicted molar refractivity (Wildman–Crippen MR) is 62.2 cm³/mol. The Bertz CT molecular complexity index is 399. The van der Waals surface area contributed by atoms with Gasteiger partial charge in [-0.2, -0.15) is 0 Å². The number of methoxy groups -OCH3 is 1. The highest BCUT2D eigenvalue weighted by Gasteiger charge is 2.18. The molecule has 1 rings (SSSR count). The van der Waals surface area contributed by atoms with Gasteiger partial charge in [-0.05, 0) is 30.7 Å². The maximum atomic E-state index is 11.7. The lowest BCUT2D eigenvalue weighted by Gasteiger charge is -2.12. The second kappa shape index (κ2) is 5.89. The second-order valence-corrected chi connectivity index (χ2v) is 3.50. The molecule has 0 aromatic heterocycles. The highest BCUT2D eigenvalue weighted by molar-refractivity contribution is 5.96. The minimum absolute atomic E-state index is 0.344. The maximum absolute atomic E-state index is 11.7. The predicted octanol–water partition coefficient (Wildman–Crippen LogP) is 1.29. The van der Waals surface area contributed by atoms with Crippen molar-refractivity contribution in [1.29, 1.82) is 0 Å². The lowest BCUT2D eigenvalue weighted by molar-refractivity contribution is -0.139. The SMILES string of the molecule is CCC(NC(=O)c1ccc(OC)cc1)C(=O)O. The number of hydrogen-bond acceptors (Lipinski definition) is 3. The number of amides is 1. The van der Waals surface area contributed by atoms with Gasteiger partial charge >= 0.3 is 5.97 Å².